The van der Waals surface area contributed by atoms with E-state index in [1.165, 1.54) is 0 Å². The van der Waals surface area contributed by atoms with Crippen molar-refractivity contribution in [2.45, 2.75) is 31.9 Å². The quantitative estimate of drug-likeness (QED) is 0.871. The summed E-state index contributed by atoms with van der Waals surface area (Å²) in [4.78, 5) is 14.9. The van der Waals surface area contributed by atoms with Crippen LogP contribution in [0, 0.1) is 6.92 Å². The first kappa shape index (κ1) is 12.8. The van der Waals surface area contributed by atoms with E-state index in [-0.39, 0.29) is 5.92 Å². The van der Waals surface area contributed by atoms with Gasteiger partial charge in [0.1, 0.15) is 6.17 Å². The Bertz CT molecular complexity index is 635. The predicted molar refractivity (Wildman–Crippen MR) is 71.0 cm³/mol. The van der Waals surface area contributed by atoms with Crippen LogP contribution in [-0.4, -0.2) is 22.7 Å². The topological polar surface area (TPSA) is 68.0 Å². The third-order valence-electron chi connectivity index (χ3n) is 3.58. The lowest BCUT2D eigenvalue weighted by Crippen LogP contribution is -2.22. The number of rotatable bonds is 4. The molecular weight excluding hydrogens is 261 g/mol. The number of alkyl halides is 1. The van der Waals surface area contributed by atoms with E-state index in [9.17, 15) is 9.18 Å². The second-order valence-corrected chi connectivity index (χ2v) is 5.01. The fourth-order valence-corrected chi connectivity index (χ4v) is 2.25. The zero-order valence-electron chi connectivity index (χ0n) is 11.0. The van der Waals surface area contributed by atoms with Crippen LogP contribution in [0.5, 0.6) is 0 Å². The molecule has 1 aromatic heterocycles. The summed E-state index contributed by atoms with van der Waals surface area (Å²) in [5.74, 6) is 0.972. The summed E-state index contributed by atoms with van der Waals surface area (Å²) < 4.78 is 18.0. The minimum atomic E-state index is -0.752. The molecule has 104 valence electrons. The number of aromatic nitrogens is 2. The second kappa shape index (κ2) is 5.03. The Hall–Kier alpha value is -2.24. The molecule has 0 bridgehead atoms. The van der Waals surface area contributed by atoms with Crippen LogP contribution in [0.25, 0.3) is 11.4 Å². The Kier molecular flexibility index (Phi) is 3.22. The molecule has 2 aromatic rings. The summed E-state index contributed by atoms with van der Waals surface area (Å²) in [6.45, 7) is 1.90. The predicted octanol–water partition coefficient (Wildman–Crippen LogP) is 2.83. The highest BCUT2D eigenvalue weighted by atomic mass is 19.1. The van der Waals surface area contributed by atoms with Crippen molar-refractivity contribution in [3.63, 3.8) is 0 Å². The summed E-state index contributed by atoms with van der Waals surface area (Å²) in [6, 6.07) is 5.52. The normalized spacial score (nSPS) is 21.3. The number of halogens is 1. The fraction of sp³-hybridized carbons (Fsp3) is 0.357. The van der Waals surface area contributed by atoms with Gasteiger partial charge in [0.25, 0.3) is 0 Å². The first-order chi connectivity index (χ1) is 9.67. The number of nitrogens with zero attached hydrogens (tertiary/aromatic N) is 2. The lowest BCUT2D eigenvalue weighted by Gasteiger charge is -2.25. The van der Waals surface area contributed by atoms with E-state index in [0.29, 0.717) is 36.7 Å². The number of benzene rings is 1. The maximum atomic E-state index is 12.8. The summed E-state index contributed by atoms with van der Waals surface area (Å²) in [7, 11) is 0. The lowest BCUT2D eigenvalue weighted by molar-refractivity contribution is -0.105. The van der Waals surface area contributed by atoms with Crippen molar-refractivity contribution in [1.82, 2.24) is 10.1 Å². The molecule has 1 heterocycles. The Labute approximate surface area is 115 Å². The highest BCUT2D eigenvalue weighted by Crippen LogP contribution is 2.38. The van der Waals surface area contributed by atoms with Crippen molar-refractivity contribution in [1.29, 1.82) is 0 Å². The minimum Gasteiger partial charge on any atom is -0.339 e. The van der Waals surface area contributed by atoms with Gasteiger partial charge in [-0.05, 0) is 31.4 Å². The summed E-state index contributed by atoms with van der Waals surface area (Å²) >= 11 is 0. The lowest BCUT2D eigenvalue weighted by atomic mass is 9.83. The Morgan fingerprint density at radius 2 is 2.25 bits per heavy atom. The third kappa shape index (κ3) is 2.29. The van der Waals surface area contributed by atoms with Gasteiger partial charge in [-0.1, -0.05) is 17.3 Å². The van der Waals surface area contributed by atoms with E-state index >= 15 is 0 Å². The van der Waals surface area contributed by atoms with Gasteiger partial charge in [-0.15, -0.1) is 0 Å². The van der Waals surface area contributed by atoms with Crippen LogP contribution in [-0.2, 0) is 4.79 Å². The number of hydrogen-bond donors (Lipinski definition) is 1. The van der Waals surface area contributed by atoms with Gasteiger partial charge in [0.2, 0.25) is 18.1 Å². The fourth-order valence-electron chi connectivity index (χ4n) is 2.25. The van der Waals surface area contributed by atoms with Crippen LogP contribution < -0.4 is 5.32 Å². The molecule has 5 nitrogen and oxygen atoms in total. The van der Waals surface area contributed by atoms with Gasteiger partial charge in [-0.3, -0.25) is 4.79 Å². The maximum absolute atomic E-state index is 12.8. The number of aryl methyl sites for hydroxylation is 1. The highest BCUT2D eigenvalue weighted by molar-refractivity contribution is 5.76. The molecule has 1 N–H and O–H groups in total. The van der Waals surface area contributed by atoms with Gasteiger partial charge in [0.15, 0.2) is 0 Å². The Morgan fingerprint density at radius 3 is 2.95 bits per heavy atom. The van der Waals surface area contributed by atoms with E-state index in [1.807, 2.05) is 19.1 Å². The van der Waals surface area contributed by atoms with Crippen molar-refractivity contribution in [2.75, 3.05) is 5.32 Å². The summed E-state index contributed by atoms with van der Waals surface area (Å²) in [5.41, 5.74) is 2.41. The van der Waals surface area contributed by atoms with E-state index in [4.69, 9.17) is 4.52 Å². The molecule has 1 aromatic carbocycles. The molecule has 1 saturated carbocycles. The minimum absolute atomic E-state index is 0.0317. The van der Waals surface area contributed by atoms with Gasteiger partial charge in [-0.2, -0.15) is 4.98 Å². The van der Waals surface area contributed by atoms with Crippen LogP contribution in [0.15, 0.2) is 22.7 Å². The molecule has 0 saturated heterocycles. The Morgan fingerprint density at radius 1 is 1.45 bits per heavy atom. The number of amides is 1. The van der Waals surface area contributed by atoms with E-state index < -0.39 is 6.17 Å². The number of carbonyl (C=O) groups is 1. The van der Waals surface area contributed by atoms with Gasteiger partial charge < -0.3 is 9.84 Å². The zero-order valence-corrected chi connectivity index (χ0v) is 11.0. The highest BCUT2D eigenvalue weighted by Gasteiger charge is 2.34. The molecule has 1 fully saturated rings. The molecule has 6 heteroatoms. The van der Waals surface area contributed by atoms with Crippen molar-refractivity contribution < 1.29 is 13.7 Å². The molecule has 3 rings (SSSR count). The largest absolute Gasteiger partial charge is 0.339 e. The van der Waals surface area contributed by atoms with Gasteiger partial charge in [0, 0.05) is 17.2 Å². The standard InChI is InChI=1S/C14H14FN3O2/c1-8-2-3-9(6-12(8)16-7-19)13-17-14(20-18-13)10-4-11(15)5-10/h2-3,6-7,10-11H,4-5H2,1H3,(H,16,19). The average Bonchev–Trinajstić information content (AvgIpc) is 2.87. The number of nitrogens with one attached hydrogen (secondary N) is 1. The molecule has 1 aliphatic carbocycles. The third-order valence-corrected chi connectivity index (χ3v) is 3.58. The molecule has 0 aliphatic heterocycles. The first-order valence-corrected chi connectivity index (χ1v) is 6.46. The van der Waals surface area contributed by atoms with Gasteiger partial charge in [0.05, 0.1) is 0 Å². The van der Waals surface area contributed by atoms with E-state index in [2.05, 4.69) is 15.5 Å². The molecule has 1 amide bonds. The number of anilines is 1. The summed E-state index contributed by atoms with van der Waals surface area (Å²) in [5, 5.41) is 6.55. The van der Waals surface area contributed by atoms with Crippen molar-refractivity contribution in [3.05, 3.63) is 29.7 Å². The van der Waals surface area contributed by atoms with E-state index in [1.54, 1.807) is 6.07 Å². The SMILES string of the molecule is Cc1ccc(-c2noc(C3CC(F)C3)n2)cc1NC=O. The van der Waals surface area contributed by atoms with Gasteiger partial charge in [-0.25, -0.2) is 4.39 Å². The van der Waals surface area contributed by atoms with Crippen molar-refractivity contribution in [2.24, 2.45) is 0 Å². The number of hydrogen-bond acceptors (Lipinski definition) is 4. The summed E-state index contributed by atoms with van der Waals surface area (Å²) in [6.07, 6.45) is 0.780. The first-order valence-electron chi connectivity index (χ1n) is 6.46. The number of carbonyl (C=O) groups excluding carboxylic acids is 1. The Balaban J connectivity index is 1.85. The molecule has 20 heavy (non-hydrogen) atoms. The van der Waals surface area contributed by atoms with Crippen LogP contribution in [0.4, 0.5) is 10.1 Å². The van der Waals surface area contributed by atoms with Crippen LogP contribution in [0.3, 0.4) is 0 Å². The van der Waals surface area contributed by atoms with Crippen molar-refractivity contribution in [3.8, 4) is 11.4 Å². The molecule has 0 radical (unpaired) electrons. The smallest absolute Gasteiger partial charge is 0.230 e. The van der Waals surface area contributed by atoms with Crippen molar-refractivity contribution >= 4 is 12.1 Å². The van der Waals surface area contributed by atoms with E-state index in [0.717, 1.165) is 11.1 Å². The molecule has 0 atom stereocenters. The molecule has 0 spiro atoms. The average molecular weight is 275 g/mol. The molecule has 1 aliphatic rings. The van der Waals surface area contributed by atoms with Crippen LogP contribution in [0.2, 0.25) is 0 Å². The monoisotopic (exact) mass is 275 g/mol. The second-order valence-electron chi connectivity index (χ2n) is 5.01. The van der Waals surface area contributed by atoms with Gasteiger partial charge >= 0.3 is 0 Å². The van der Waals surface area contributed by atoms with Crippen LogP contribution >= 0.6 is 0 Å². The van der Waals surface area contributed by atoms with Crippen LogP contribution in [0.1, 0.15) is 30.2 Å². The maximum Gasteiger partial charge on any atom is 0.230 e. The molecular formula is C14H14FN3O2. The molecule has 0 unspecified atom stereocenters. The zero-order chi connectivity index (χ0) is 14.1.